The molecule has 3 aliphatic rings. The van der Waals surface area contributed by atoms with E-state index in [4.69, 9.17) is 9.47 Å². The number of hydrogen-bond donors (Lipinski definition) is 2. The molecule has 2 aliphatic heterocycles. The van der Waals surface area contributed by atoms with Gasteiger partial charge in [0.25, 0.3) is 0 Å². The number of aliphatic hydroxyl groups is 2. The van der Waals surface area contributed by atoms with Gasteiger partial charge in [-0.2, -0.15) is 0 Å². The summed E-state index contributed by atoms with van der Waals surface area (Å²) in [7, 11) is 0. The second kappa shape index (κ2) is 8.70. The van der Waals surface area contributed by atoms with E-state index in [0.717, 1.165) is 11.1 Å². The van der Waals surface area contributed by atoms with Crippen LogP contribution >= 0.6 is 0 Å². The third-order valence-electron chi connectivity index (χ3n) is 9.03. The molecule has 6 atom stereocenters. The molecule has 200 valence electrons. The van der Waals surface area contributed by atoms with Gasteiger partial charge in [0.15, 0.2) is 22.6 Å². The van der Waals surface area contributed by atoms with Crippen LogP contribution in [-0.4, -0.2) is 38.8 Å². The Morgan fingerprint density at radius 2 is 1.23 bits per heavy atom. The maximum atomic E-state index is 14.3. The van der Waals surface area contributed by atoms with Crippen molar-refractivity contribution < 1.29 is 29.3 Å². The summed E-state index contributed by atoms with van der Waals surface area (Å²) in [6.07, 6.45) is -1.16. The summed E-state index contributed by atoms with van der Waals surface area (Å²) in [6, 6.07) is 36.2. The van der Waals surface area contributed by atoms with Crippen molar-refractivity contribution in [1.29, 1.82) is 0 Å². The monoisotopic (exact) mass is 532 g/mol. The summed E-state index contributed by atoms with van der Waals surface area (Å²) in [4.78, 5) is 28.4. The summed E-state index contributed by atoms with van der Waals surface area (Å²) in [5, 5.41) is 25.4. The minimum absolute atomic E-state index is 0.113. The molecule has 0 unspecified atom stereocenters. The first kappa shape index (κ1) is 24.9. The van der Waals surface area contributed by atoms with Gasteiger partial charge in [0.05, 0.1) is 0 Å². The zero-order chi connectivity index (χ0) is 27.6. The lowest BCUT2D eigenvalue weighted by Gasteiger charge is -2.69. The molecule has 0 radical (unpaired) electrons. The molecule has 6 heteroatoms. The van der Waals surface area contributed by atoms with Crippen LogP contribution in [0.25, 0.3) is 0 Å². The molecule has 4 aromatic carbocycles. The number of carbonyl (C=O) groups excluding carboxylic acids is 2. The quantitative estimate of drug-likeness (QED) is 0.370. The van der Waals surface area contributed by atoms with Crippen LogP contribution in [0, 0.1) is 0 Å². The average Bonchev–Trinajstić information content (AvgIpc) is 3.14. The Labute approximate surface area is 231 Å². The number of ether oxygens (including phenoxy) is 2. The van der Waals surface area contributed by atoms with Crippen molar-refractivity contribution in [2.75, 3.05) is 0 Å². The predicted molar refractivity (Wildman–Crippen MR) is 146 cm³/mol. The van der Waals surface area contributed by atoms with Crippen molar-refractivity contribution in [3.8, 4) is 0 Å². The lowest BCUT2D eigenvalue weighted by molar-refractivity contribution is -0.418. The molecule has 6 nitrogen and oxygen atoms in total. The number of carbonyl (C=O) groups is 2. The first-order valence-corrected chi connectivity index (χ1v) is 13.5. The van der Waals surface area contributed by atoms with Crippen LogP contribution in [0.15, 0.2) is 121 Å². The van der Waals surface area contributed by atoms with Gasteiger partial charge < -0.3 is 19.7 Å². The van der Waals surface area contributed by atoms with E-state index in [1.165, 1.54) is 0 Å². The molecule has 1 saturated carbocycles. The third-order valence-corrected chi connectivity index (χ3v) is 9.03. The maximum absolute atomic E-state index is 14.3. The number of esters is 1. The second-order valence-corrected chi connectivity index (χ2v) is 11.0. The van der Waals surface area contributed by atoms with Crippen molar-refractivity contribution in [2.45, 2.75) is 47.3 Å². The molecule has 2 heterocycles. The SMILES string of the molecule is O=C1O[C@]23[C@@H](c4ccccc4)CC(=O)[C@](O)(c4ccccc4)[C@@]2(O[C@H]3c2ccccc2)[C@@]1(O)Cc1ccccc1. The van der Waals surface area contributed by atoms with Crippen LogP contribution < -0.4 is 0 Å². The molecule has 1 aliphatic carbocycles. The predicted octanol–water partition coefficient (Wildman–Crippen LogP) is 4.41. The van der Waals surface area contributed by atoms with Crippen molar-refractivity contribution in [3.05, 3.63) is 144 Å². The topological polar surface area (TPSA) is 93.1 Å². The Morgan fingerprint density at radius 1 is 0.700 bits per heavy atom. The van der Waals surface area contributed by atoms with Gasteiger partial charge in [0.2, 0.25) is 5.60 Å². The lowest BCUT2D eigenvalue weighted by Crippen LogP contribution is -2.88. The van der Waals surface area contributed by atoms with Gasteiger partial charge >= 0.3 is 5.97 Å². The standard InChI is InChI=1S/C34H28O6/c35-28-21-27(24-15-7-2-8-16-24)33-29(25-17-9-3-10-18-25)39-34(33,32(28,38)26-19-11-4-12-20-26)31(37,30(36)40-33)22-23-13-5-1-6-14-23/h1-20,27,29,37-38H,21-22H2/t27-,29+,31-,32-,33+,34+/m1/s1. The largest absolute Gasteiger partial charge is 0.450 e. The van der Waals surface area contributed by atoms with Crippen LogP contribution in [0.3, 0.4) is 0 Å². The Bertz CT molecular complexity index is 1580. The molecule has 2 N–H and O–H groups in total. The number of Topliss-reactive ketones (excluding diaryl/α,β-unsaturated/α-hetero) is 1. The van der Waals surface area contributed by atoms with Crippen LogP contribution in [0.4, 0.5) is 0 Å². The summed E-state index contributed by atoms with van der Waals surface area (Å²) in [5.74, 6) is -2.14. The van der Waals surface area contributed by atoms with E-state index in [2.05, 4.69) is 0 Å². The highest BCUT2D eigenvalue weighted by Crippen LogP contribution is 2.76. The molecular formula is C34H28O6. The van der Waals surface area contributed by atoms with Gasteiger partial charge in [-0.25, -0.2) is 4.79 Å². The summed E-state index contributed by atoms with van der Waals surface area (Å²) < 4.78 is 13.1. The lowest BCUT2D eigenvalue weighted by atomic mass is 9.45. The fourth-order valence-electron chi connectivity index (χ4n) is 7.38. The molecule has 40 heavy (non-hydrogen) atoms. The van der Waals surface area contributed by atoms with Gasteiger partial charge in [-0.3, -0.25) is 4.79 Å². The zero-order valence-corrected chi connectivity index (χ0v) is 21.6. The normalized spacial score (nSPS) is 34.4. The molecule has 3 fully saturated rings. The summed E-state index contributed by atoms with van der Waals surface area (Å²) >= 11 is 0. The van der Waals surface area contributed by atoms with Crippen molar-refractivity contribution in [3.63, 3.8) is 0 Å². The number of benzene rings is 4. The van der Waals surface area contributed by atoms with Crippen LogP contribution in [-0.2, 0) is 31.1 Å². The molecule has 4 aromatic rings. The molecule has 2 saturated heterocycles. The molecule has 0 spiro atoms. The fraction of sp³-hybridized carbons (Fsp3) is 0.235. The Morgan fingerprint density at radius 3 is 1.82 bits per heavy atom. The van der Waals surface area contributed by atoms with E-state index in [9.17, 15) is 19.8 Å². The highest BCUT2D eigenvalue weighted by molar-refractivity contribution is 5.99. The van der Waals surface area contributed by atoms with Gasteiger partial charge in [0.1, 0.15) is 6.10 Å². The summed E-state index contributed by atoms with van der Waals surface area (Å²) in [6.45, 7) is 0. The molecule has 0 aromatic heterocycles. The van der Waals surface area contributed by atoms with Gasteiger partial charge in [-0.1, -0.05) is 121 Å². The number of rotatable bonds is 5. The minimum Gasteiger partial charge on any atom is -0.450 e. The van der Waals surface area contributed by atoms with Gasteiger partial charge in [0, 0.05) is 18.8 Å². The third kappa shape index (κ3) is 2.93. The van der Waals surface area contributed by atoms with E-state index < -0.39 is 46.2 Å². The van der Waals surface area contributed by atoms with Crippen molar-refractivity contribution >= 4 is 11.8 Å². The molecule has 0 bridgehead atoms. The van der Waals surface area contributed by atoms with E-state index in [1.54, 1.807) is 54.6 Å². The Kier molecular flexibility index (Phi) is 5.42. The Balaban J connectivity index is 1.54. The highest BCUT2D eigenvalue weighted by atomic mass is 16.7. The van der Waals surface area contributed by atoms with Crippen LogP contribution in [0.5, 0.6) is 0 Å². The van der Waals surface area contributed by atoms with Crippen molar-refractivity contribution in [1.82, 2.24) is 0 Å². The van der Waals surface area contributed by atoms with Crippen LogP contribution in [0.2, 0.25) is 0 Å². The number of ketones is 1. The fourth-order valence-corrected chi connectivity index (χ4v) is 7.38. The Hall–Kier alpha value is -4.10. The molecule has 7 rings (SSSR count). The minimum atomic E-state index is -2.38. The van der Waals surface area contributed by atoms with Crippen molar-refractivity contribution in [2.24, 2.45) is 0 Å². The molecular weight excluding hydrogens is 504 g/mol. The smallest absolute Gasteiger partial charge is 0.342 e. The first-order valence-electron chi connectivity index (χ1n) is 13.5. The summed E-state index contributed by atoms with van der Waals surface area (Å²) in [5.41, 5.74) is -6.12. The molecule has 0 amide bonds. The zero-order valence-electron chi connectivity index (χ0n) is 21.6. The first-order chi connectivity index (χ1) is 19.4. The van der Waals surface area contributed by atoms with E-state index in [0.29, 0.717) is 5.56 Å². The maximum Gasteiger partial charge on any atom is 0.342 e. The highest BCUT2D eigenvalue weighted by Gasteiger charge is 2.95. The number of hydrogen-bond acceptors (Lipinski definition) is 6. The average molecular weight is 533 g/mol. The van der Waals surface area contributed by atoms with Gasteiger partial charge in [-0.05, 0) is 22.3 Å². The van der Waals surface area contributed by atoms with Crippen LogP contribution in [0.1, 0.15) is 40.7 Å². The van der Waals surface area contributed by atoms with E-state index >= 15 is 0 Å². The second-order valence-electron chi connectivity index (χ2n) is 11.0. The van der Waals surface area contributed by atoms with Gasteiger partial charge in [-0.15, -0.1) is 0 Å². The van der Waals surface area contributed by atoms with E-state index in [-0.39, 0.29) is 18.4 Å². The van der Waals surface area contributed by atoms with E-state index in [1.807, 2.05) is 66.7 Å².